The molecule has 5 nitrogen and oxygen atoms in total. The Morgan fingerprint density at radius 3 is 2.53 bits per heavy atom. The maximum Gasteiger partial charge on any atom is 0.170 e. The van der Waals surface area contributed by atoms with Crippen molar-refractivity contribution >= 4 is 5.78 Å². The van der Waals surface area contributed by atoms with Crippen molar-refractivity contribution in [3.05, 3.63) is 76.9 Å². The lowest BCUT2D eigenvalue weighted by Crippen LogP contribution is -2.21. The number of aromatic hydroxyl groups is 2. The molecule has 0 unspecified atom stereocenters. The third-order valence-corrected chi connectivity index (χ3v) is 5.05. The highest BCUT2D eigenvalue weighted by Crippen LogP contribution is 2.41. The van der Waals surface area contributed by atoms with Gasteiger partial charge in [0.05, 0.1) is 17.6 Å². The molecule has 0 spiro atoms. The summed E-state index contributed by atoms with van der Waals surface area (Å²) in [6, 6.07) is 9.74. The molecular weight excluding hydrogens is 380 g/mol. The van der Waals surface area contributed by atoms with Crippen LogP contribution in [-0.2, 0) is 6.42 Å². The number of hydrogen-bond donors (Lipinski definition) is 3. The minimum atomic E-state index is -0.853. The minimum absolute atomic E-state index is 0.0376. The van der Waals surface area contributed by atoms with E-state index in [4.69, 9.17) is 4.74 Å². The number of ether oxygens (including phenoxy) is 1. The molecule has 3 rings (SSSR count). The lowest BCUT2D eigenvalue weighted by atomic mass is 9.93. The van der Waals surface area contributed by atoms with E-state index in [1.807, 2.05) is 19.1 Å². The van der Waals surface area contributed by atoms with Crippen LogP contribution in [0.5, 0.6) is 17.2 Å². The van der Waals surface area contributed by atoms with Gasteiger partial charge in [-0.1, -0.05) is 35.9 Å². The Bertz CT molecular complexity index is 978. The molecule has 0 bridgehead atoms. The summed E-state index contributed by atoms with van der Waals surface area (Å²) in [5.74, 6) is 0.618. The number of phenols is 2. The van der Waals surface area contributed by atoms with Crippen molar-refractivity contribution in [1.82, 2.24) is 0 Å². The van der Waals surface area contributed by atoms with Crippen molar-refractivity contribution in [2.24, 2.45) is 0 Å². The van der Waals surface area contributed by atoms with Crippen molar-refractivity contribution < 1.29 is 24.9 Å². The van der Waals surface area contributed by atoms with Gasteiger partial charge in [0.25, 0.3) is 0 Å². The summed E-state index contributed by atoms with van der Waals surface area (Å²) in [6.07, 6.45) is 6.48. The van der Waals surface area contributed by atoms with E-state index >= 15 is 0 Å². The fourth-order valence-corrected chi connectivity index (χ4v) is 3.40. The van der Waals surface area contributed by atoms with E-state index in [9.17, 15) is 20.1 Å². The summed E-state index contributed by atoms with van der Waals surface area (Å²) in [4.78, 5) is 12.7. The van der Waals surface area contributed by atoms with Gasteiger partial charge in [0, 0.05) is 5.56 Å². The first-order valence-corrected chi connectivity index (χ1v) is 10.0. The van der Waals surface area contributed by atoms with Gasteiger partial charge in [-0.05, 0) is 63.4 Å². The zero-order chi connectivity index (χ0) is 21.9. The van der Waals surface area contributed by atoms with Crippen molar-refractivity contribution in [1.29, 1.82) is 0 Å². The number of phenolic OH excluding ortho intramolecular Hbond substituents is 2. The zero-order valence-electron chi connectivity index (χ0n) is 17.6. The van der Waals surface area contributed by atoms with Gasteiger partial charge in [0.1, 0.15) is 23.4 Å². The summed E-state index contributed by atoms with van der Waals surface area (Å²) < 4.78 is 6.16. The maximum absolute atomic E-state index is 12.7. The number of benzene rings is 2. The first kappa shape index (κ1) is 21.7. The molecule has 3 N–H and O–H groups in total. The second-order valence-corrected chi connectivity index (χ2v) is 8.28. The van der Waals surface area contributed by atoms with Crippen molar-refractivity contribution in [3.8, 4) is 17.2 Å². The molecule has 2 aromatic rings. The van der Waals surface area contributed by atoms with Crippen LogP contribution in [0.2, 0.25) is 0 Å². The number of aliphatic hydroxyl groups is 1. The van der Waals surface area contributed by atoms with Gasteiger partial charge >= 0.3 is 0 Å². The van der Waals surface area contributed by atoms with Crippen LogP contribution in [0.1, 0.15) is 61.2 Å². The van der Waals surface area contributed by atoms with Gasteiger partial charge in [-0.3, -0.25) is 4.79 Å². The van der Waals surface area contributed by atoms with Gasteiger partial charge < -0.3 is 20.1 Å². The Labute approximate surface area is 177 Å². The van der Waals surface area contributed by atoms with Gasteiger partial charge in [0.15, 0.2) is 5.78 Å². The second kappa shape index (κ2) is 8.76. The fourth-order valence-electron chi connectivity index (χ4n) is 3.40. The first-order valence-electron chi connectivity index (χ1n) is 10.0. The van der Waals surface area contributed by atoms with Crippen LogP contribution in [-0.4, -0.2) is 26.7 Å². The van der Waals surface area contributed by atoms with Crippen LogP contribution in [0.15, 0.2) is 60.2 Å². The van der Waals surface area contributed by atoms with Crippen LogP contribution in [0, 0.1) is 0 Å². The minimum Gasteiger partial charge on any atom is -0.508 e. The number of carbonyl (C=O) groups is 1. The van der Waals surface area contributed by atoms with Crippen LogP contribution in [0.3, 0.4) is 0 Å². The summed E-state index contributed by atoms with van der Waals surface area (Å²) >= 11 is 0. The number of Topliss-reactive ketones (excluding diaryl/α,β-unsaturated/α-hetero) is 1. The SMILES string of the molecule is C/C(=C\Cc1c(O)ccc2c1O[C@H](c1ccc(O)cc1)CC2=O)C/C=C/C(C)(C)O. The Balaban J connectivity index is 1.84. The van der Waals surface area contributed by atoms with Crippen molar-refractivity contribution in [2.45, 2.75) is 51.7 Å². The summed E-state index contributed by atoms with van der Waals surface area (Å²) in [7, 11) is 0. The van der Waals surface area contributed by atoms with E-state index in [1.54, 1.807) is 50.3 Å². The van der Waals surface area contributed by atoms with E-state index in [0.29, 0.717) is 29.7 Å². The molecule has 0 fully saturated rings. The molecule has 0 amide bonds. The third kappa shape index (κ3) is 5.30. The predicted molar refractivity (Wildman–Crippen MR) is 116 cm³/mol. The number of hydrogen-bond acceptors (Lipinski definition) is 5. The molecule has 158 valence electrons. The smallest absolute Gasteiger partial charge is 0.170 e. The van der Waals surface area contributed by atoms with E-state index < -0.39 is 11.7 Å². The van der Waals surface area contributed by atoms with Crippen LogP contribution >= 0.6 is 0 Å². The molecule has 0 radical (unpaired) electrons. The predicted octanol–water partition coefficient (Wildman–Crippen LogP) is 5.01. The van der Waals surface area contributed by atoms with E-state index in [2.05, 4.69) is 0 Å². The third-order valence-electron chi connectivity index (χ3n) is 5.05. The Kier molecular flexibility index (Phi) is 6.32. The topological polar surface area (TPSA) is 87.0 Å². The zero-order valence-corrected chi connectivity index (χ0v) is 17.6. The maximum atomic E-state index is 12.7. The molecule has 0 saturated heterocycles. The standard InChI is InChI=1S/C25H28O5/c1-16(5-4-14-25(2,3)29)6-11-19-21(27)13-12-20-22(28)15-23(30-24(19)20)17-7-9-18(26)10-8-17/h4,6-10,12-14,23,26-27,29H,5,11,15H2,1-3H3/b14-4+,16-6+/t23-/m0/s1. The molecule has 0 saturated carbocycles. The Morgan fingerprint density at radius 1 is 1.17 bits per heavy atom. The van der Waals surface area contributed by atoms with Gasteiger partial charge in [-0.2, -0.15) is 0 Å². The molecule has 0 aliphatic carbocycles. The summed E-state index contributed by atoms with van der Waals surface area (Å²) in [6.45, 7) is 5.41. The van der Waals surface area contributed by atoms with Crippen LogP contribution < -0.4 is 4.74 Å². The van der Waals surface area contributed by atoms with E-state index in [-0.39, 0.29) is 23.7 Å². The molecule has 1 atom stereocenters. The average Bonchev–Trinajstić information content (AvgIpc) is 2.66. The monoisotopic (exact) mass is 408 g/mol. The normalized spacial score (nSPS) is 17.1. The number of ketones is 1. The molecule has 1 heterocycles. The number of rotatable bonds is 6. The van der Waals surface area contributed by atoms with Crippen molar-refractivity contribution in [3.63, 3.8) is 0 Å². The summed E-state index contributed by atoms with van der Waals surface area (Å²) in [5.41, 5.74) is 2.07. The quantitative estimate of drug-likeness (QED) is 0.585. The lowest BCUT2D eigenvalue weighted by molar-refractivity contribution is 0.0847. The van der Waals surface area contributed by atoms with Crippen LogP contribution in [0.25, 0.3) is 0 Å². The number of carbonyl (C=O) groups excluding carboxylic acids is 1. The highest BCUT2D eigenvalue weighted by molar-refractivity contribution is 6.00. The largest absolute Gasteiger partial charge is 0.508 e. The van der Waals surface area contributed by atoms with E-state index in [0.717, 1.165) is 11.1 Å². The molecule has 1 aliphatic heterocycles. The van der Waals surface area contributed by atoms with Gasteiger partial charge in [0.2, 0.25) is 0 Å². The molecule has 2 aromatic carbocycles. The Morgan fingerprint density at radius 2 is 1.87 bits per heavy atom. The molecule has 30 heavy (non-hydrogen) atoms. The average molecular weight is 408 g/mol. The Hall–Kier alpha value is -3.05. The highest BCUT2D eigenvalue weighted by atomic mass is 16.5. The molecule has 0 aromatic heterocycles. The molecule has 1 aliphatic rings. The first-order chi connectivity index (χ1) is 14.1. The number of fused-ring (bicyclic) bond motifs is 1. The van der Waals surface area contributed by atoms with Gasteiger partial charge in [-0.25, -0.2) is 0 Å². The van der Waals surface area contributed by atoms with Gasteiger partial charge in [-0.15, -0.1) is 0 Å². The highest BCUT2D eigenvalue weighted by Gasteiger charge is 2.30. The lowest BCUT2D eigenvalue weighted by Gasteiger charge is -2.27. The fraction of sp³-hybridized carbons (Fsp3) is 0.320. The molecular formula is C25H28O5. The second-order valence-electron chi connectivity index (χ2n) is 8.28. The van der Waals surface area contributed by atoms with Crippen LogP contribution in [0.4, 0.5) is 0 Å². The number of allylic oxidation sites excluding steroid dienone is 3. The van der Waals surface area contributed by atoms with Crippen molar-refractivity contribution in [2.75, 3.05) is 0 Å². The summed E-state index contributed by atoms with van der Waals surface area (Å²) in [5, 5.41) is 29.7. The van der Waals surface area contributed by atoms with E-state index in [1.165, 1.54) is 6.07 Å². The molecule has 5 heteroatoms.